The number of benzene rings is 5. The van der Waals surface area contributed by atoms with Crippen molar-refractivity contribution in [1.29, 1.82) is 5.41 Å². The molecule has 0 unspecified atom stereocenters. The lowest BCUT2D eigenvalue weighted by atomic mass is 9.76. The van der Waals surface area contributed by atoms with E-state index in [4.69, 9.17) is 4.74 Å². The van der Waals surface area contributed by atoms with Gasteiger partial charge in [-0.15, -0.1) is 0 Å². The fraction of sp³-hybridized carbons (Fsp3) is 0.111. The van der Waals surface area contributed by atoms with Gasteiger partial charge in [-0.2, -0.15) is 0 Å². The van der Waals surface area contributed by atoms with Gasteiger partial charge >= 0.3 is 0 Å². The van der Waals surface area contributed by atoms with Crippen LogP contribution in [0.15, 0.2) is 133 Å². The van der Waals surface area contributed by atoms with Gasteiger partial charge in [0.15, 0.2) is 0 Å². The molecule has 2 N–H and O–H groups in total. The molecule has 5 rings (SSSR count). The third-order valence-electron chi connectivity index (χ3n) is 7.64. The van der Waals surface area contributed by atoms with Gasteiger partial charge in [-0.1, -0.05) is 103 Å². The van der Waals surface area contributed by atoms with Gasteiger partial charge < -0.3 is 15.0 Å². The van der Waals surface area contributed by atoms with E-state index in [9.17, 15) is 20.3 Å². The summed E-state index contributed by atoms with van der Waals surface area (Å²) in [5, 5.41) is 24.9. The SMILES string of the molecule is CN(CCOC=O)c1ccc(C(=N)c2cc([N+](=O)[O-])ccc2NC(c2ccccc2)(c2ccccc2)c2ccccc2)cc1. The van der Waals surface area contributed by atoms with E-state index in [0.717, 1.165) is 22.4 Å². The molecule has 0 aliphatic heterocycles. The summed E-state index contributed by atoms with van der Waals surface area (Å²) in [5.74, 6) is 0. The predicted octanol–water partition coefficient (Wildman–Crippen LogP) is 7.02. The molecule has 44 heavy (non-hydrogen) atoms. The normalized spacial score (nSPS) is 10.9. The summed E-state index contributed by atoms with van der Waals surface area (Å²) in [6.45, 7) is 1.19. The van der Waals surface area contributed by atoms with Crippen LogP contribution in [0.2, 0.25) is 0 Å². The molecule has 0 atom stereocenters. The van der Waals surface area contributed by atoms with Gasteiger partial charge in [0.25, 0.3) is 12.2 Å². The van der Waals surface area contributed by atoms with Crippen LogP contribution in [0.25, 0.3) is 0 Å². The lowest BCUT2D eigenvalue weighted by molar-refractivity contribution is -0.384. The van der Waals surface area contributed by atoms with Gasteiger partial charge in [-0.25, -0.2) is 0 Å². The third kappa shape index (κ3) is 6.19. The first-order valence-electron chi connectivity index (χ1n) is 14.1. The smallest absolute Gasteiger partial charge is 0.293 e. The Balaban J connectivity index is 1.63. The highest BCUT2D eigenvalue weighted by Crippen LogP contribution is 2.41. The van der Waals surface area contributed by atoms with Crippen molar-refractivity contribution in [1.82, 2.24) is 0 Å². The topological polar surface area (TPSA) is 109 Å². The number of hydrogen-bond acceptors (Lipinski definition) is 7. The summed E-state index contributed by atoms with van der Waals surface area (Å²) >= 11 is 0. The Morgan fingerprint density at radius 3 is 1.84 bits per heavy atom. The highest BCUT2D eigenvalue weighted by Gasteiger charge is 2.37. The molecule has 8 heteroatoms. The number of anilines is 2. The molecule has 0 spiro atoms. The molecular weight excluding hydrogens is 552 g/mol. The Labute approximate surface area is 256 Å². The van der Waals surface area contributed by atoms with E-state index >= 15 is 0 Å². The summed E-state index contributed by atoms with van der Waals surface area (Å²) < 4.78 is 4.81. The molecule has 0 heterocycles. The molecule has 5 aromatic rings. The zero-order chi connectivity index (χ0) is 30.9. The lowest BCUT2D eigenvalue weighted by Crippen LogP contribution is -2.38. The summed E-state index contributed by atoms with van der Waals surface area (Å²) in [4.78, 5) is 23.9. The number of nitrogens with one attached hydrogen (secondary N) is 2. The van der Waals surface area contributed by atoms with Gasteiger partial charge in [-0.05, 0) is 34.9 Å². The van der Waals surface area contributed by atoms with E-state index in [-0.39, 0.29) is 18.0 Å². The number of nitro benzene ring substituents is 1. The minimum absolute atomic E-state index is 0.105. The molecule has 0 radical (unpaired) electrons. The minimum Gasteiger partial charge on any atom is -0.466 e. The fourth-order valence-electron chi connectivity index (χ4n) is 5.35. The monoisotopic (exact) mass is 584 g/mol. The maximum Gasteiger partial charge on any atom is 0.293 e. The van der Waals surface area contributed by atoms with Gasteiger partial charge in [0.05, 0.1) is 17.2 Å². The second-order valence-electron chi connectivity index (χ2n) is 10.3. The molecule has 0 aliphatic rings. The third-order valence-corrected chi connectivity index (χ3v) is 7.64. The molecule has 0 saturated heterocycles. The summed E-state index contributed by atoms with van der Waals surface area (Å²) in [5.41, 5.74) is 4.51. The molecule has 5 aromatic carbocycles. The van der Waals surface area contributed by atoms with Crippen LogP contribution in [0.5, 0.6) is 0 Å². The highest BCUT2D eigenvalue weighted by molar-refractivity contribution is 6.14. The van der Waals surface area contributed by atoms with Crippen LogP contribution in [-0.2, 0) is 15.1 Å². The van der Waals surface area contributed by atoms with Crippen molar-refractivity contribution in [3.8, 4) is 0 Å². The Bertz CT molecular complexity index is 1630. The van der Waals surface area contributed by atoms with Crippen molar-refractivity contribution in [3.63, 3.8) is 0 Å². The molecule has 0 aliphatic carbocycles. The van der Waals surface area contributed by atoms with Crippen molar-refractivity contribution >= 4 is 29.2 Å². The Hall–Kier alpha value is -5.76. The summed E-state index contributed by atoms with van der Waals surface area (Å²) in [7, 11) is 1.88. The number of ether oxygens (including phenoxy) is 1. The quantitative estimate of drug-likeness (QED) is 0.0384. The average molecular weight is 585 g/mol. The molecule has 220 valence electrons. The first kappa shape index (κ1) is 29.7. The van der Waals surface area contributed by atoms with Gasteiger partial charge in [-0.3, -0.25) is 20.3 Å². The Morgan fingerprint density at radius 2 is 1.36 bits per heavy atom. The Morgan fingerprint density at radius 1 is 0.841 bits per heavy atom. The summed E-state index contributed by atoms with van der Waals surface area (Å²) in [6.07, 6.45) is 0. The van der Waals surface area contributed by atoms with Crippen molar-refractivity contribution < 1.29 is 14.5 Å². The number of nitro groups is 1. The van der Waals surface area contributed by atoms with E-state index < -0.39 is 10.5 Å². The second-order valence-corrected chi connectivity index (χ2v) is 10.3. The largest absolute Gasteiger partial charge is 0.466 e. The summed E-state index contributed by atoms with van der Waals surface area (Å²) in [6, 6.07) is 42.1. The maximum atomic E-state index is 11.9. The van der Waals surface area contributed by atoms with E-state index in [2.05, 4.69) is 41.7 Å². The fourth-order valence-corrected chi connectivity index (χ4v) is 5.35. The number of carbonyl (C=O) groups is 1. The minimum atomic E-state index is -0.884. The van der Waals surface area contributed by atoms with E-state index in [1.54, 1.807) is 6.07 Å². The van der Waals surface area contributed by atoms with Crippen molar-refractivity contribution in [2.24, 2.45) is 0 Å². The number of likely N-dealkylation sites (N-methyl/N-ethyl adjacent to an activating group) is 1. The molecule has 0 bridgehead atoms. The Kier molecular flexibility index (Phi) is 9.10. The van der Waals surface area contributed by atoms with Crippen LogP contribution < -0.4 is 10.2 Å². The average Bonchev–Trinajstić information content (AvgIpc) is 3.08. The van der Waals surface area contributed by atoms with Crippen LogP contribution in [0.4, 0.5) is 17.1 Å². The molecule has 0 aromatic heterocycles. The maximum absolute atomic E-state index is 11.9. The van der Waals surface area contributed by atoms with Crippen LogP contribution in [-0.4, -0.2) is 37.3 Å². The van der Waals surface area contributed by atoms with Crippen molar-refractivity contribution in [2.45, 2.75) is 5.54 Å². The zero-order valence-electron chi connectivity index (χ0n) is 24.2. The number of rotatable bonds is 13. The standard InChI is InChI=1S/C36H32N4O4/c1-39(23-24-44-26-41)31-19-17-27(18-20-31)35(37)33-25-32(40(42)43)21-22-34(33)38-36(28-11-5-2-6-12-28,29-13-7-3-8-14-29)30-15-9-4-10-16-30/h2-22,25-26,37-38H,23-24H2,1H3. The first-order valence-corrected chi connectivity index (χ1v) is 14.1. The van der Waals surface area contributed by atoms with Crippen LogP contribution in [0.3, 0.4) is 0 Å². The van der Waals surface area contributed by atoms with Crippen molar-refractivity contribution in [2.75, 3.05) is 30.4 Å². The van der Waals surface area contributed by atoms with E-state index in [1.807, 2.05) is 90.8 Å². The number of nitrogens with zero attached hydrogens (tertiary/aromatic N) is 2. The van der Waals surface area contributed by atoms with E-state index in [0.29, 0.717) is 29.8 Å². The van der Waals surface area contributed by atoms with Crippen LogP contribution >= 0.6 is 0 Å². The van der Waals surface area contributed by atoms with E-state index in [1.165, 1.54) is 12.1 Å². The molecule has 0 saturated carbocycles. The molecule has 0 amide bonds. The van der Waals surface area contributed by atoms with Gasteiger partial charge in [0.1, 0.15) is 12.1 Å². The zero-order valence-corrected chi connectivity index (χ0v) is 24.2. The highest BCUT2D eigenvalue weighted by atomic mass is 16.6. The van der Waals surface area contributed by atoms with Crippen LogP contribution in [0.1, 0.15) is 27.8 Å². The molecule has 0 fully saturated rings. The number of hydrogen-bond donors (Lipinski definition) is 2. The van der Waals surface area contributed by atoms with Gasteiger partial charge in [0, 0.05) is 41.7 Å². The number of carbonyl (C=O) groups excluding carboxylic acids is 1. The predicted molar refractivity (Wildman–Crippen MR) is 174 cm³/mol. The van der Waals surface area contributed by atoms with Crippen molar-refractivity contribution in [3.05, 3.63) is 171 Å². The first-order chi connectivity index (χ1) is 21.4. The number of non-ortho nitro benzene ring substituents is 1. The second kappa shape index (κ2) is 13.5. The molecule has 8 nitrogen and oxygen atoms in total. The lowest BCUT2D eigenvalue weighted by Gasteiger charge is -2.38. The molecular formula is C36H32N4O4. The van der Waals surface area contributed by atoms with Gasteiger partial charge in [0.2, 0.25) is 0 Å². The van der Waals surface area contributed by atoms with Crippen LogP contribution in [0, 0.1) is 15.5 Å².